The average molecular weight is 254 g/mol. The van der Waals surface area contributed by atoms with Gasteiger partial charge in [-0.15, -0.1) is 0 Å². The highest BCUT2D eigenvalue weighted by molar-refractivity contribution is 6.32. The Bertz CT molecular complexity index is 387. The van der Waals surface area contributed by atoms with Crippen LogP contribution in [0.25, 0.3) is 0 Å². The fourth-order valence-electron chi connectivity index (χ4n) is 1.44. The standard InChI is InChI=1S/C13H16ClNO2/c14-12-9-11(10-15)5-6-13(12)17-8-4-2-1-3-7-16/h5-6,9,16H,1-4,7-8H2. The third kappa shape index (κ3) is 5.08. The van der Waals surface area contributed by atoms with Gasteiger partial charge < -0.3 is 9.84 Å². The number of rotatable bonds is 7. The van der Waals surface area contributed by atoms with Crippen LogP contribution < -0.4 is 4.74 Å². The van der Waals surface area contributed by atoms with Gasteiger partial charge in [-0.2, -0.15) is 5.26 Å². The molecule has 0 saturated heterocycles. The largest absolute Gasteiger partial charge is 0.492 e. The molecule has 0 saturated carbocycles. The van der Waals surface area contributed by atoms with Crippen molar-refractivity contribution in [3.8, 4) is 11.8 Å². The molecular weight excluding hydrogens is 238 g/mol. The van der Waals surface area contributed by atoms with Crippen molar-refractivity contribution in [1.82, 2.24) is 0 Å². The summed E-state index contributed by atoms with van der Waals surface area (Å²) in [5.41, 5.74) is 0.533. The summed E-state index contributed by atoms with van der Waals surface area (Å²) in [5.74, 6) is 0.618. The van der Waals surface area contributed by atoms with Crippen molar-refractivity contribution >= 4 is 11.6 Å². The van der Waals surface area contributed by atoms with E-state index in [1.165, 1.54) is 0 Å². The molecule has 0 radical (unpaired) electrons. The van der Waals surface area contributed by atoms with Crippen LogP contribution in [0.3, 0.4) is 0 Å². The van der Waals surface area contributed by atoms with Crippen molar-refractivity contribution in [3.05, 3.63) is 28.8 Å². The van der Waals surface area contributed by atoms with Gasteiger partial charge in [0.1, 0.15) is 5.75 Å². The van der Waals surface area contributed by atoms with E-state index in [1.807, 2.05) is 6.07 Å². The average Bonchev–Trinajstić information content (AvgIpc) is 2.35. The Morgan fingerprint density at radius 1 is 1.24 bits per heavy atom. The molecule has 92 valence electrons. The van der Waals surface area contributed by atoms with Gasteiger partial charge in [0.25, 0.3) is 0 Å². The summed E-state index contributed by atoms with van der Waals surface area (Å²) in [5, 5.41) is 17.8. The highest BCUT2D eigenvalue weighted by Crippen LogP contribution is 2.25. The Labute approximate surface area is 107 Å². The van der Waals surface area contributed by atoms with Gasteiger partial charge >= 0.3 is 0 Å². The lowest BCUT2D eigenvalue weighted by molar-refractivity contribution is 0.273. The number of nitrogens with zero attached hydrogens (tertiary/aromatic N) is 1. The highest BCUT2D eigenvalue weighted by atomic mass is 35.5. The van der Waals surface area contributed by atoms with E-state index >= 15 is 0 Å². The number of benzene rings is 1. The quantitative estimate of drug-likeness (QED) is 0.760. The maximum atomic E-state index is 8.68. The topological polar surface area (TPSA) is 53.2 Å². The lowest BCUT2D eigenvalue weighted by atomic mass is 10.2. The molecule has 0 aromatic heterocycles. The third-order valence-electron chi connectivity index (χ3n) is 2.37. The number of aliphatic hydroxyl groups excluding tert-OH is 1. The minimum atomic E-state index is 0.252. The Morgan fingerprint density at radius 2 is 2.00 bits per heavy atom. The van der Waals surface area contributed by atoms with Crippen molar-refractivity contribution in [2.75, 3.05) is 13.2 Å². The molecule has 0 atom stereocenters. The van der Waals surface area contributed by atoms with Gasteiger partial charge in [-0.05, 0) is 37.5 Å². The second-order valence-electron chi connectivity index (χ2n) is 3.74. The molecule has 3 nitrogen and oxygen atoms in total. The molecular formula is C13H16ClNO2. The SMILES string of the molecule is N#Cc1ccc(OCCCCCCO)c(Cl)c1. The van der Waals surface area contributed by atoms with Gasteiger partial charge in [-0.3, -0.25) is 0 Å². The molecule has 0 bridgehead atoms. The van der Waals surface area contributed by atoms with Crippen LogP contribution in [-0.2, 0) is 0 Å². The highest BCUT2D eigenvalue weighted by Gasteiger charge is 2.02. The van der Waals surface area contributed by atoms with E-state index in [9.17, 15) is 0 Å². The molecule has 0 amide bonds. The van der Waals surface area contributed by atoms with Gasteiger partial charge in [-0.25, -0.2) is 0 Å². The minimum Gasteiger partial charge on any atom is -0.492 e. The predicted molar refractivity (Wildman–Crippen MR) is 67.2 cm³/mol. The monoisotopic (exact) mass is 253 g/mol. The number of hydrogen-bond donors (Lipinski definition) is 1. The molecule has 1 aromatic carbocycles. The fraction of sp³-hybridized carbons (Fsp3) is 0.462. The van der Waals surface area contributed by atoms with Crippen molar-refractivity contribution in [1.29, 1.82) is 5.26 Å². The number of aliphatic hydroxyl groups is 1. The Kier molecular flexibility index (Phi) is 6.46. The second-order valence-corrected chi connectivity index (χ2v) is 4.15. The van der Waals surface area contributed by atoms with Gasteiger partial charge in [0.05, 0.1) is 23.3 Å². The van der Waals surface area contributed by atoms with E-state index in [-0.39, 0.29) is 6.61 Å². The summed E-state index contributed by atoms with van der Waals surface area (Å²) in [6.07, 6.45) is 3.84. The van der Waals surface area contributed by atoms with Gasteiger partial charge in [0.2, 0.25) is 0 Å². The van der Waals surface area contributed by atoms with E-state index in [4.69, 9.17) is 26.7 Å². The minimum absolute atomic E-state index is 0.252. The molecule has 0 unspecified atom stereocenters. The summed E-state index contributed by atoms with van der Waals surface area (Å²) in [6.45, 7) is 0.860. The van der Waals surface area contributed by atoms with Crippen LogP contribution in [0.5, 0.6) is 5.75 Å². The lowest BCUT2D eigenvalue weighted by Gasteiger charge is -2.07. The van der Waals surface area contributed by atoms with Crippen LogP contribution in [0.4, 0.5) is 0 Å². The summed E-state index contributed by atoms with van der Waals surface area (Å²) >= 11 is 5.96. The van der Waals surface area contributed by atoms with Crippen LogP contribution in [0.15, 0.2) is 18.2 Å². The Morgan fingerprint density at radius 3 is 2.65 bits per heavy atom. The molecule has 4 heteroatoms. The van der Waals surface area contributed by atoms with Gasteiger partial charge in [-0.1, -0.05) is 18.0 Å². The Balaban J connectivity index is 2.30. The number of nitriles is 1. The van der Waals surface area contributed by atoms with Crippen LogP contribution in [-0.4, -0.2) is 18.3 Å². The van der Waals surface area contributed by atoms with E-state index in [0.717, 1.165) is 25.7 Å². The van der Waals surface area contributed by atoms with Crippen molar-refractivity contribution in [2.45, 2.75) is 25.7 Å². The first-order valence-corrected chi connectivity index (χ1v) is 6.09. The van der Waals surface area contributed by atoms with Crippen LogP contribution in [0.1, 0.15) is 31.2 Å². The first-order chi connectivity index (χ1) is 8.27. The normalized spacial score (nSPS) is 9.94. The number of hydrogen-bond acceptors (Lipinski definition) is 3. The second kappa shape index (κ2) is 7.94. The summed E-state index contributed by atoms with van der Waals surface area (Å²) in [6, 6.07) is 7.03. The van der Waals surface area contributed by atoms with E-state index in [1.54, 1.807) is 18.2 Å². The maximum Gasteiger partial charge on any atom is 0.137 e. The molecule has 0 fully saturated rings. The molecule has 0 aliphatic heterocycles. The third-order valence-corrected chi connectivity index (χ3v) is 2.67. The molecule has 1 N–H and O–H groups in total. The fourth-order valence-corrected chi connectivity index (χ4v) is 1.67. The zero-order valence-corrected chi connectivity index (χ0v) is 10.4. The summed E-state index contributed by atoms with van der Waals surface area (Å²) in [7, 11) is 0. The molecule has 17 heavy (non-hydrogen) atoms. The molecule has 1 rings (SSSR count). The predicted octanol–water partition coefficient (Wildman–Crippen LogP) is 3.14. The van der Waals surface area contributed by atoms with E-state index in [2.05, 4.69) is 0 Å². The first-order valence-electron chi connectivity index (χ1n) is 5.71. The van der Waals surface area contributed by atoms with Crippen molar-refractivity contribution in [3.63, 3.8) is 0 Å². The zero-order valence-electron chi connectivity index (χ0n) is 9.66. The van der Waals surface area contributed by atoms with E-state index in [0.29, 0.717) is 22.9 Å². The van der Waals surface area contributed by atoms with Crippen LogP contribution >= 0.6 is 11.6 Å². The van der Waals surface area contributed by atoms with Crippen LogP contribution in [0, 0.1) is 11.3 Å². The summed E-state index contributed by atoms with van der Waals surface area (Å²) < 4.78 is 5.51. The van der Waals surface area contributed by atoms with Gasteiger partial charge in [0.15, 0.2) is 0 Å². The lowest BCUT2D eigenvalue weighted by Crippen LogP contribution is -1.98. The molecule has 0 spiro atoms. The first kappa shape index (κ1) is 13.8. The smallest absolute Gasteiger partial charge is 0.137 e. The Hall–Kier alpha value is -1.24. The molecule has 0 aliphatic rings. The zero-order chi connectivity index (χ0) is 12.5. The number of unbranched alkanes of at least 4 members (excludes halogenated alkanes) is 3. The van der Waals surface area contributed by atoms with E-state index < -0.39 is 0 Å². The molecule has 0 heterocycles. The van der Waals surface area contributed by atoms with Crippen molar-refractivity contribution in [2.24, 2.45) is 0 Å². The van der Waals surface area contributed by atoms with Gasteiger partial charge in [0, 0.05) is 6.61 Å². The molecule has 1 aromatic rings. The van der Waals surface area contributed by atoms with Crippen LogP contribution in [0.2, 0.25) is 5.02 Å². The van der Waals surface area contributed by atoms with Crippen molar-refractivity contribution < 1.29 is 9.84 Å². The maximum absolute atomic E-state index is 8.68. The number of ether oxygens (including phenoxy) is 1. The summed E-state index contributed by atoms with van der Waals surface area (Å²) in [4.78, 5) is 0. The molecule has 0 aliphatic carbocycles. The number of halogens is 1.